The maximum absolute atomic E-state index is 5.88. The molecule has 1 aliphatic carbocycles. The third kappa shape index (κ3) is 4.49. The van der Waals surface area contributed by atoms with Crippen molar-refractivity contribution in [3.05, 3.63) is 22.8 Å². The summed E-state index contributed by atoms with van der Waals surface area (Å²) < 4.78 is 13.8. The van der Waals surface area contributed by atoms with Gasteiger partial charge in [0.15, 0.2) is 11.5 Å². The van der Waals surface area contributed by atoms with Crippen molar-refractivity contribution in [1.82, 2.24) is 29.7 Å². The highest BCUT2D eigenvalue weighted by Crippen LogP contribution is 2.44. The fourth-order valence-electron chi connectivity index (χ4n) is 3.08. The Morgan fingerprint density at radius 3 is 2.69 bits per heavy atom. The molecule has 0 atom stereocenters. The molecule has 0 N–H and O–H groups in total. The Morgan fingerprint density at radius 1 is 1.21 bits per heavy atom. The molecule has 0 aromatic carbocycles. The maximum atomic E-state index is 5.88. The number of hydrogen-bond acceptors (Lipinski definition) is 7. The molecular formula is C19H25BrN6O2Si. The van der Waals surface area contributed by atoms with E-state index in [1.54, 1.807) is 24.3 Å². The first-order valence-corrected chi connectivity index (χ1v) is 14.2. The van der Waals surface area contributed by atoms with Crippen LogP contribution < -0.4 is 4.74 Å². The van der Waals surface area contributed by atoms with Gasteiger partial charge in [-0.25, -0.2) is 24.6 Å². The zero-order valence-corrected chi connectivity index (χ0v) is 19.7. The predicted molar refractivity (Wildman–Crippen MR) is 117 cm³/mol. The molecule has 1 saturated carbocycles. The van der Waals surface area contributed by atoms with E-state index in [2.05, 4.69) is 55.6 Å². The van der Waals surface area contributed by atoms with E-state index in [4.69, 9.17) is 14.5 Å². The molecule has 0 spiro atoms. The van der Waals surface area contributed by atoms with E-state index >= 15 is 0 Å². The van der Waals surface area contributed by atoms with Crippen LogP contribution in [0.5, 0.6) is 5.88 Å². The smallest absolute Gasteiger partial charge is 0.227 e. The van der Waals surface area contributed by atoms with Crippen LogP contribution in [0, 0.1) is 0 Å². The van der Waals surface area contributed by atoms with Gasteiger partial charge in [-0.2, -0.15) is 5.10 Å². The van der Waals surface area contributed by atoms with Crippen LogP contribution in [0.15, 0.2) is 17.1 Å². The topological polar surface area (TPSA) is 87.8 Å². The van der Waals surface area contributed by atoms with Gasteiger partial charge in [-0.15, -0.1) is 0 Å². The average molecular weight is 477 g/mol. The van der Waals surface area contributed by atoms with E-state index in [0.29, 0.717) is 34.6 Å². The van der Waals surface area contributed by atoms with Gasteiger partial charge in [-0.05, 0) is 34.8 Å². The Hall–Kier alpha value is -1.91. The summed E-state index contributed by atoms with van der Waals surface area (Å²) in [5.41, 5.74) is 2.43. The first kappa shape index (κ1) is 20.4. The Bertz CT molecular complexity index is 1030. The molecule has 3 aromatic rings. The third-order valence-corrected chi connectivity index (χ3v) is 7.17. The molecule has 0 radical (unpaired) electrons. The molecule has 3 aromatic heterocycles. The number of halogens is 1. The van der Waals surface area contributed by atoms with Crippen LogP contribution in [-0.2, 0) is 11.5 Å². The van der Waals surface area contributed by atoms with Gasteiger partial charge in [0.05, 0.1) is 18.2 Å². The minimum atomic E-state index is -1.14. The summed E-state index contributed by atoms with van der Waals surface area (Å²) in [5, 5.41) is 5.36. The SMILES string of the molecule is COc1ncnc(C2CC2)c1-c1ncc2c(Br)nn(COCC[Si](C)(C)C)c2n1. The summed E-state index contributed by atoms with van der Waals surface area (Å²) in [7, 11) is 0.469. The lowest BCUT2D eigenvalue weighted by Crippen LogP contribution is -2.22. The van der Waals surface area contributed by atoms with Gasteiger partial charge in [0.25, 0.3) is 0 Å². The number of fused-ring (bicyclic) bond motifs is 1. The molecule has 4 rings (SSSR count). The first-order valence-electron chi connectivity index (χ1n) is 9.73. The minimum absolute atomic E-state index is 0.348. The van der Waals surface area contributed by atoms with Crippen LogP contribution in [0.2, 0.25) is 25.7 Å². The summed E-state index contributed by atoms with van der Waals surface area (Å²) >= 11 is 3.51. The number of ether oxygens (including phenoxy) is 2. The molecule has 0 amide bonds. The van der Waals surface area contributed by atoms with Crippen molar-refractivity contribution in [2.24, 2.45) is 0 Å². The second-order valence-corrected chi connectivity index (χ2v) is 14.9. The second-order valence-electron chi connectivity index (χ2n) is 8.49. The van der Waals surface area contributed by atoms with Crippen LogP contribution >= 0.6 is 15.9 Å². The summed E-state index contributed by atoms with van der Waals surface area (Å²) in [5.74, 6) is 1.47. The van der Waals surface area contributed by atoms with E-state index in [9.17, 15) is 0 Å². The standard InChI is InChI=1S/C19H25BrN6O2Si/c1-27-19-14(15(12-5-6-12)22-10-23-19)17-21-9-13-16(20)25-26(18(13)24-17)11-28-7-8-29(2,3)4/h9-10,12H,5-8,11H2,1-4H3. The number of methoxy groups -OCH3 is 1. The van der Waals surface area contributed by atoms with E-state index < -0.39 is 8.07 Å². The molecule has 0 unspecified atom stereocenters. The summed E-state index contributed by atoms with van der Waals surface area (Å²) in [6, 6.07) is 1.11. The number of aromatic nitrogens is 6. The Kier molecular flexibility index (Phi) is 5.67. The van der Waals surface area contributed by atoms with Crippen molar-refractivity contribution in [1.29, 1.82) is 0 Å². The average Bonchev–Trinajstić information content (AvgIpc) is 3.49. The summed E-state index contributed by atoms with van der Waals surface area (Å²) in [6.07, 6.45) is 5.55. The van der Waals surface area contributed by atoms with E-state index in [1.165, 1.54) is 0 Å². The highest BCUT2D eigenvalue weighted by atomic mass is 79.9. The van der Waals surface area contributed by atoms with Crippen molar-refractivity contribution in [2.45, 2.75) is 51.2 Å². The summed E-state index contributed by atoms with van der Waals surface area (Å²) in [6.45, 7) is 8.08. The molecule has 0 saturated heterocycles. The van der Waals surface area contributed by atoms with Crippen LogP contribution in [0.25, 0.3) is 22.4 Å². The lowest BCUT2D eigenvalue weighted by atomic mass is 10.1. The van der Waals surface area contributed by atoms with Crippen LogP contribution in [0.4, 0.5) is 0 Å². The predicted octanol–water partition coefficient (Wildman–Crippen LogP) is 4.24. The number of hydrogen-bond donors (Lipinski definition) is 0. The Labute approximate surface area is 179 Å². The van der Waals surface area contributed by atoms with E-state index in [1.807, 2.05) is 0 Å². The van der Waals surface area contributed by atoms with Crippen molar-refractivity contribution in [2.75, 3.05) is 13.7 Å². The number of rotatable bonds is 8. The van der Waals surface area contributed by atoms with Gasteiger partial charge in [0.2, 0.25) is 5.88 Å². The normalized spacial score (nSPS) is 14.5. The van der Waals surface area contributed by atoms with E-state index in [0.717, 1.165) is 42.1 Å². The Morgan fingerprint density at radius 2 is 2.00 bits per heavy atom. The molecule has 10 heteroatoms. The van der Waals surface area contributed by atoms with Gasteiger partial charge in [-0.3, -0.25) is 0 Å². The van der Waals surface area contributed by atoms with Gasteiger partial charge in [0, 0.05) is 26.8 Å². The minimum Gasteiger partial charge on any atom is -0.480 e. The van der Waals surface area contributed by atoms with Crippen molar-refractivity contribution in [3.8, 4) is 17.3 Å². The Balaban J connectivity index is 1.68. The van der Waals surface area contributed by atoms with Gasteiger partial charge in [0.1, 0.15) is 23.2 Å². The van der Waals surface area contributed by atoms with Gasteiger partial charge >= 0.3 is 0 Å². The molecule has 8 nitrogen and oxygen atoms in total. The second kappa shape index (κ2) is 8.08. The molecular weight excluding hydrogens is 452 g/mol. The highest BCUT2D eigenvalue weighted by molar-refractivity contribution is 9.10. The molecule has 154 valence electrons. The first-order chi connectivity index (χ1) is 13.9. The van der Waals surface area contributed by atoms with Crippen molar-refractivity contribution in [3.63, 3.8) is 0 Å². The molecule has 0 aliphatic heterocycles. The van der Waals surface area contributed by atoms with Crippen LogP contribution in [0.3, 0.4) is 0 Å². The molecule has 3 heterocycles. The van der Waals surface area contributed by atoms with Gasteiger partial charge < -0.3 is 9.47 Å². The van der Waals surface area contributed by atoms with Crippen LogP contribution in [-0.4, -0.2) is 51.5 Å². The maximum Gasteiger partial charge on any atom is 0.227 e. The fraction of sp³-hybridized carbons (Fsp3) is 0.526. The molecule has 1 aliphatic rings. The molecule has 1 fully saturated rings. The largest absolute Gasteiger partial charge is 0.480 e. The van der Waals surface area contributed by atoms with Crippen molar-refractivity contribution >= 4 is 35.0 Å². The fourth-order valence-corrected chi connectivity index (χ4v) is 4.30. The quantitative estimate of drug-likeness (QED) is 0.354. The van der Waals surface area contributed by atoms with Gasteiger partial charge in [-0.1, -0.05) is 19.6 Å². The lowest BCUT2D eigenvalue weighted by Gasteiger charge is -2.15. The zero-order valence-electron chi connectivity index (χ0n) is 17.1. The summed E-state index contributed by atoms with van der Waals surface area (Å²) in [4.78, 5) is 18.1. The lowest BCUT2D eigenvalue weighted by molar-refractivity contribution is 0.0810. The highest BCUT2D eigenvalue weighted by Gasteiger charge is 2.31. The third-order valence-electron chi connectivity index (χ3n) is 4.88. The van der Waals surface area contributed by atoms with Crippen LogP contribution in [0.1, 0.15) is 24.5 Å². The monoisotopic (exact) mass is 476 g/mol. The van der Waals surface area contributed by atoms with E-state index in [-0.39, 0.29) is 0 Å². The molecule has 0 bridgehead atoms. The number of nitrogens with zero attached hydrogens (tertiary/aromatic N) is 6. The zero-order chi connectivity index (χ0) is 20.6. The molecule has 29 heavy (non-hydrogen) atoms. The van der Waals surface area contributed by atoms with Crippen molar-refractivity contribution < 1.29 is 9.47 Å².